The van der Waals surface area contributed by atoms with Gasteiger partial charge >= 0.3 is 0 Å². The quantitative estimate of drug-likeness (QED) is 0.721. The van der Waals surface area contributed by atoms with Gasteiger partial charge in [-0.05, 0) is 43.7 Å². The normalized spacial score (nSPS) is 11.9. The fraction of sp³-hybridized carbons (Fsp3) is 0.167. The Morgan fingerprint density at radius 2 is 1.96 bits per heavy atom. The topological polar surface area (TPSA) is 59.8 Å². The van der Waals surface area contributed by atoms with E-state index in [4.69, 9.17) is 0 Å². The average Bonchev–Trinajstić information content (AvgIpc) is 3.04. The summed E-state index contributed by atoms with van der Waals surface area (Å²) in [6.45, 7) is 3.88. The van der Waals surface area contributed by atoms with Crippen molar-refractivity contribution in [3.8, 4) is 5.82 Å². The molecule has 1 amide bonds. The minimum atomic E-state index is -0.221. The zero-order valence-electron chi connectivity index (χ0n) is 13.5. The first kappa shape index (κ1) is 16.3. The van der Waals surface area contributed by atoms with Crippen LogP contribution in [-0.4, -0.2) is 25.9 Å². The zero-order valence-corrected chi connectivity index (χ0v) is 14.3. The number of amides is 1. The molecule has 0 saturated carbocycles. The number of hydrogen-bond donors (Lipinski definition) is 1. The zero-order chi connectivity index (χ0) is 16.9. The van der Waals surface area contributed by atoms with Gasteiger partial charge in [-0.25, -0.2) is 4.98 Å². The van der Waals surface area contributed by atoms with Gasteiger partial charge in [-0.2, -0.15) is 9.78 Å². The fourth-order valence-electron chi connectivity index (χ4n) is 2.20. The molecule has 24 heavy (non-hydrogen) atoms. The first-order valence-corrected chi connectivity index (χ1v) is 8.51. The molecule has 0 aliphatic rings. The van der Waals surface area contributed by atoms with Gasteiger partial charge in [0.05, 0.1) is 11.4 Å². The lowest BCUT2D eigenvalue weighted by Crippen LogP contribution is -2.24. The number of benzene rings is 1. The van der Waals surface area contributed by atoms with Crippen molar-refractivity contribution in [3.05, 3.63) is 66.5 Å². The molecule has 1 atom stereocenters. The Labute approximate surface area is 145 Å². The molecular formula is C18H18N4OS. The molecular weight excluding hydrogens is 320 g/mol. The summed E-state index contributed by atoms with van der Waals surface area (Å²) in [7, 11) is 0. The molecule has 1 N–H and O–H groups in total. The smallest absolute Gasteiger partial charge is 0.238 e. The molecule has 0 bridgehead atoms. The van der Waals surface area contributed by atoms with Crippen LogP contribution in [0, 0.1) is 6.92 Å². The molecule has 0 fully saturated rings. The van der Waals surface area contributed by atoms with Crippen molar-refractivity contribution < 1.29 is 4.79 Å². The van der Waals surface area contributed by atoms with E-state index >= 15 is 0 Å². The van der Waals surface area contributed by atoms with Crippen LogP contribution in [0.5, 0.6) is 0 Å². The number of aromatic nitrogens is 3. The maximum atomic E-state index is 12.5. The van der Waals surface area contributed by atoms with E-state index in [9.17, 15) is 4.79 Å². The number of carbonyl (C=O) groups excluding carboxylic acids is 1. The number of rotatable bonds is 5. The van der Waals surface area contributed by atoms with E-state index in [-0.39, 0.29) is 11.2 Å². The maximum Gasteiger partial charge on any atom is 0.238 e. The third kappa shape index (κ3) is 3.83. The third-order valence-corrected chi connectivity index (χ3v) is 4.55. The van der Waals surface area contributed by atoms with Gasteiger partial charge in [0.1, 0.15) is 5.82 Å². The second-order valence-corrected chi connectivity index (χ2v) is 6.80. The number of pyridine rings is 1. The van der Waals surface area contributed by atoms with Gasteiger partial charge in [-0.1, -0.05) is 18.2 Å². The Kier molecular flexibility index (Phi) is 4.96. The Hall–Kier alpha value is -2.60. The summed E-state index contributed by atoms with van der Waals surface area (Å²) in [5, 5.41) is 6.96. The lowest BCUT2D eigenvalue weighted by molar-refractivity contribution is -0.115. The van der Waals surface area contributed by atoms with E-state index in [1.165, 1.54) is 11.8 Å². The third-order valence-electron chi connectivity index (χ3n) is 3.44. The lowest BCUT2D eigenvalue weighted by Gasteiger charge is -2.13. The summed E-state index contributed by atoms with van der Waals surface area (Å²) < 4.78 is 1.63. The largest absolute Gasteiger partial charge is 0.310 e. The molecule has 0 aliphatic heterocycles. The number of anilines is 1. The lowest BCUT2D eigenvalue weighted by atomic mass is 10.3. The second kappa shape index (κ2) is 7.31. The van der Waals surface area contributed by atoms with Crippen LogP contribution in [0.15, 0.2) is 65.8 Å². The Balaban J connectivity index is 1.72. The molecule has 0 radical (unpaired) electrons. The maximum absolute atomic E-state index is 12.5. The highest BCUT2D eigenvalue weighted by Crippen LogP contribution is 2.24. The molecule has 5 nitrogen and oxygen atoms in total. The number of carbonyl (C=O) groups is 1. The first-order valence-electron chi connectivity index (χ1n) is 7.63. The van der Waals surface area contributed by atoms with Crippen LogP contribution in [0.3, 0.4) is 0 Å². The van der Waals surface area contributed by atoms with Gasteiger partial charge in [0.2, 0.25) is 5.91 Å². The Morgan fingerprint density at radius 1 is 1.17 bits per heavy atom. The Bertz CT molecular complexity index is 832. The number of aryl methyl sites for hydroxylation is 1. The van der Waals surface area contributed by atoms with Gasteiger partial charge in [0, 0.05) is 17.2 Å². The highest BCUT2D eigenvalue weighted by atomic mass is 32.2. The second-order valence-electron chi connectivity index (χ2n) is 5.38. The Morgan fingerprint density at radius 3 is 2.71 bits per heavy atom. The molecule has 1 aromatic carbocycles. The van der Waals surface area contributed by atoms with Crippen molar-refractivity contribution in [1.29, 1.82) is 0 Å². The number of thioether (sulfide) groups is 1. The van der Waals surface area contributed by atoms with Gasteiger partial charge in [0.15, 0.2) is 5.82 Å². The van der Waals surface area contributed by atoms with E-state index in [1.807, 2.05) is 56.3 Å². The van der Waals surface area contributed by atoms with Crippen molar-refractivity contribution >= 4 is 23.5 Å². The van der Waals surface area contributed by atoms with Crippen LogP contribution >= 0.6 is 11.8 Å². The minimum absolute atomic E-state index is 0.0711. The molecule has 122 valence electrons. The van der Waals surface area contributed by atoms with Crippen molar-refractivity contribution in [2.45, 2.75) is 24.0 Å². The summed E-state index contributed by atoms with van der Waals surface area (Å²) in [5.41, 5.74) is 1.08. The molecule has 6 heteroatoms. The summed E-state index contributed by atoms with van der Waals surface area (Å²) in [4.78, 5) is 17.8. The van der Waals surface area contributed by atoms with Crippen molar-refractivity contribution in [1.82, 2.24) is 14.8 Å². The van der Waals surface area contributed by atoms with Gasteiger partial charge in [-0.3, -0.25) is 4.79 Å². The van der Waals surface area contributed by atoms with Gasteiger partial charge in [0.25, 0.3) is 0 Å². The highest BCUT2D eigenvalue weighted by molar-refractivity contribution is 8.00. The van der Waals surface area contributed by atoms with Crippen LogP contribution in [0.4, 0.5) is 5.82 Å². The molecule has 0 aliphatic carbocycles. The van der Waals surface area contributed by atoms with E-state index < -0.39 is 0 Å². The van der Waals surface area contributed by atoms with E-state index in [0.717, 1.165) is 10.5 Å². The van der Waals surface area contributed by atoms with Crippen LogP contribution < -0.4 is 5.32 Å². The average molecular weight is 338 g/mol. The number of nitrogens with zero attached hydrogens (tertiary/aromatic N) is 3. The molecule has 2 aromatic heterocycles. The number of hydrogen-bond acceptors (Lipinski definition) is 4. The molecule has 0 saturated heterocycles. The van der Waals surface area contributed by atoms with Crippen LogP contribution in [0.1, 0.15) is 12.5 Å². The fourth-order valence-corrected chi connectivity index (χ4v) is 3.09. The molecule has 1 unspecified atom stereocenters. The summed E-state index contributed by atoms with van der Waals surface area (Å²) >= 11 is 1.52. The molecule has 3 aromatic rings. The van der Waals surface area contributed by atoms with Gasteiger partial charge < -0.3 is 5.32 Å². The minimum Gasteiger partial charge on any atom is -0.310 e. The van der Waals surface area contributed by atoms with Crippen molar-refractivity contribution in [3.63, 3.8) is 0 Å². The van der Waals surface area contributed by atoms with Crippen LogP contribution in [0.2, 0.25) is 0 Å². The predicted molar refractivity (Wildman–Crippen MR) is 96.5 cm³/mol. The molecule has 0 spiro atoms. The van der Waals surface area contributed by atoms with Gasteiger partial charge in [-0.15, -0.1) is 11.8 Å². The van der Waals surface area contributed by atoms with E-state index in [2.05, 4.69) is 15.4 Å². The monoisotopic (exact) mass is 338 g/mol. The summed E-state index contributed by atoms with van der Waals surface area (Å²) in [5.74, 6) is 1.22. The first-order chi connectivity index (χ1) is 11.6. The van der Waals surface area contributed by atoms with E-state index in [0.29, 0.717) is 11.6 Å². The van der Waals surface area contributed by atoms with E-state index in [1.54, 1.807) is 23.1 Å². The van der Waals surface area contributed by atoms with Crippen LogP contribution in [-0.2, 0) is 4.79 Å². The standard InChI is InChI=1S/C18H18N4OS/c1-13-8-10-19-17(12-13)22-16(9-11-20-22)21-18(23)14(2)24-15-6-4-3-5-7-15/h3-12,14H,1-2H3,(H,21,23). The molecule has 3 rings (SSSR count). The highest BCUT2D eigenvalue weighted by Gasteiger charge is 2.17. The summed E-state index contributed by atoms with van der Waals surface area (Å²) in [6, 6.07) is 15.5. The summed E-state index contributed by atoms with van der Waals surface area (Å²) in [6.07, 6.45) is 3.38. The SMILES string of the molecule is Cc1ccnc(-n2nccc2NC(=O)C(C)Sc2ccccc2)c1. The predicted octanol–water partition coefficient (Wildman–Crippen LogP) is 3.70. The molecule has 2 heterocycles. The number of nitrogens with one attached hydrogen (secondary N) is 1. The van der Waals surface area contributed by atoms with Crippen molar-refractivity contribution in [2.24, 2.45) is 0 Å². The van der Waals surface area contributed by atoms with Crippen molar-refractivity contribution in [2.75, 3.05) is 5.32 Å². The van der Waals surface area contributed by atoms with Crippen LogP contribution in [0.25, 0.3) is 5.82 Å².